The fraction of sp³-hybridized carbons (Fsp3) is 0.286. The molecule has 108 valence electrons. The molecule has 0 unspecified atom stereocenters. The fourth-order valence-corrected chi connectivity index (χ4v) is 2.22. The first-order valence-corrected chi connectivity index (χ1v) is 7.09. The molecule has 0 atom stereocenters. The number of anilines is 1. The van der Waals surface area contributed by atoms with Crippen LogP contribution in [0.1, 0.15) is 25.5 Å². The van der Waals surface area contributed by atoms with E-state index in [1.54, 1.807) is 4.68 Å². The van der Waals surface area contributed by atoms with Gasteiger partial charge in [0.15, 0.2) is 17.0 Å². The molecule has 0 bridgehead atoms. The number of halogens is 1. The molecule has 0 fully saturated rings. The summed E-state index contributed by atoms with van der Waals surface area (Å²) in [5.41, 5.74) is 2.42. The normalized spacial score (nSPS) is 11.2. The SMILES string of the molecule is CC(C)n1nnc2c(NCc3ccccc3)nc(Cl)nc21. The second-order valence-corrected chi connectivity index (χ2v) is 5.32. The number of benzene rings is 1. The lowest BCUT2D eigenvalue weighted by atomic mass is 10.2. The second kappa shape index (κ2) is 5.65. The molecule has 0 aliphatic carbocycles. The Bertz CT molecular complexity index is 753. The maximum absolute atomic E-state index is 6.01. The van der Waals surface area contributed by atoms with Crippen molar-refractivity contribution in [2.45, 2.75) is 26.4 Å². The van der Waals surface area contributed by atoms with Crippen molar-refractivity contribution in [3.05, 3.63) is 41.2 Å². The third kappa shape index (κ3) is 2.80. The van der Waals surface area contributed by atoms with Crippen LogP contribution in [-0.2, 0) is 6.54 Å². The summed E-state index contributed by atoms with van der Waals surface area (Å²) in [6.07, 6.45) is 0. The summed E-state index contributed by atoms with van der Waals surface area (Å²) >= 11 is 6.01. The minimum atomic E-state index is 0.156. The van der Waals surface area contributed by atoms with Crippen molar-refractivity contribution < 1.29 is 0 Å². The van der Waals surface area contributed by atoms with Crippen LogP contribution in [0.5, 0.6) is 0 Å². The van der Waals surface area contributed by atoms with Crippen LogP contribution in [0.2, 0.25) is 5.28 Å². The molecule has 2 aromatic heterocycles. The maximum atomic E-state index is 6.01. The third-order valence-corrected chi connectivity index (χ3v) is 3.26. The molecule has 1 aromatic carbocycles. The van der Waals surface area contributed by atoms with Gasteiger partial charge in [0.05, 0.1) is 6.04 Å². The van der Waals surface area contributed by atoms with Crippen LogP contribution >= 0.6 is 11.6 Å². The largest absolute Gasteiger partial charge is 0.364 e. The highest BCUT2D eigenvalue weighted by Crippen LogP contribution is 2.22. The van der Waals surface area contributed by atoms with Crippen LogP contribution in [0.4, 0.5) is 5.82 Å². The van der Waals surface area contributed by atoms with Crippen LogP contribution in [0.25, 0.3) is 11.2 Å². The molecule has 6 nitrogen and oxygen atoms in total. The van der Waals surface area contributed by atoms with Crippen molar-refractivity contribution in [1.82, 2.24) is 25.0 Å². The first kappa shape index (κ1) is 13.8. The Kier molecular flexibility index (Phi) is 3.70. The molecule has 0 saturated heterocycles. The number of hydrogen-bond donors (Lipinski definition) is 1. The van der Waals surface area contributed by atoms with Gasteiger partial charge in [-0.05, 0) is 31.0 Å². The van der Waals surface area contributed by atoms with Gasteiger partial charge < -0.3 is 5.32 Å². The fourth-order valence-electron chi connectivity index (χ4n) is 2.06. The van der Waals surface area contributed by atoms with Gasteiger partial charge in [0.2, 0.25) is 5.28 Å². The quantitative estimate of drug-likeness (QED) is 0.750. The number of rotatable bonds is 4. The second-order valence-electron chi connectivity index (χ2n) is 4.98. The van der Waals surface area contributed by atoms with Crippen LogP contribution in [0, 0.1) is 0 Å². The summed E-state index contributed by atoms with van der Waals surface area (Å²) in [4.78, 5) is 8.44. The molecular weight excluding hydrogens is 288 g/mol. The van der Waals surface area contributed by atoms with Gasteiger partial charge in [0, 0.05) is 6.54 Å². The van der Waals surface area contributed by atoms with E-state index < -0.39 is 0 Å². The first-order chi connectivity index (χ1) is 10.1. The lowest BCUT2D eigenvalue weighted by Gasteiger charge is -2.08. The van der Waals surface area contributed by atoms with E-state index in [4.69, 9.17) is 11.6 Å². The number of nitrogens with zero attached hydrogens (tertiary/aromatic N) is 5. The molecule has 0 spiro atoms. The van der Waals surface area contributed by atoms with E-state index in [9.17, 15) is 0 Å². The van der Waals surface area contributed by atoms with E-state index in [0.717, 1.165) is 5.56 Å². The van der Waals surface area contributed by atoms with Gasteiger partial charge in [-0.3, -0.25) is 0 Å². The van der Waals surface area contributed by atoms with Gasteiger partial charge in [-0.25, -0.2) is 4.68 Å². The average molecular weight is 303 g/mol. The van der Waals surface area contributed by atoms with Crippen molar-refractivity contribution in [2.24, 2.45) is 0 Å². The monoisotopic (exact) mass is 302 g/mol. The van der Waals surface area contributed by atoms with Crippen molar-refractivity contribution in [3.63, 3.8) is 0 Å². The highest BCUT2D eigenvalue weighted by molar-refractivity contribution is 6.28. The summed E-state index contributed by atoms with van der Waals surface area (Å²) in [7, 11) is 0. The molecule has 0 saturated carbocycles. The van der Waals surface area contributed by atoms with Gasteiger partial charge in [0.1, 0.15) is 0 Å². The van der Waals surface area contributed by atoms with Crippen molar-refractivity contribution in [2.75, 3.05) is 5.32 Å². The summed E-state index contributed by atoms with van der Waals surface area (Å²) in [6.45, 7) is 4.67. The van der Waals surface area contributed by atoms with E-state index in [1.807, 2.05) is 44.2 Å². The molecule has 7 heteroatoms. The highest BCUT2D eigenvalue weighted by Gasteiger charge is 2.15. The van der Waals surface area contributed by atoms with Gasteiger partial charge in [-0.15, -0.1) is 5.10 Å². The summed E-state index contributed by atoms with van der Waals surface area (Å²) in [5.74, 6) is 0.598. The number of nitrogens with one attached hydrogen (secondary N) is 1. The molecule has 3 rings (SSSR count). The van der Waals surface area contributed by atoms with Gasteiger partial charge in [-0.2, -0.15) is 9.97 Å². The van der Waals surface area contributed by atoms with E-state index in [1.165, 1.54) is 0 Å². The summed E-state index contributed by atoms with van der Waals surface area (Å²) in [6, 6.07) is 10.2. The van der Waals surface area contributed by atoms with Crippen molar-refractivity contribution in [3.8, 4) is 0 Å². The highest BCUT2D eigenvalue weighted by atomic mass is 35.5. The van der Waals surface area contributed by atoms with Gasteiger partial charge in [-0.1, -0.05) is 35.5 Å². The summed E-state index contributed by atoms with van der Waals surface area (Å²) in [5, 5.41) is 11.7. The lowest BCUT2D eigenvalue weighted by Crippen LogP contribution is -2.06. The Morgan fingerprint density at radius 3 is 2.67 bits per heavy atom. The van der Waals surface area contributed by atoms with E-state index in [2.05, 4.69) is 25.6 Å². The van der Waals surface area contributed by atoms with Crippen LogP contribution in [-0.4, -0.2) is 25.0 Å². The Morgan fingerprint density at radius 1 is 1.19 bits per heavy atom. The molecule has 21 heavy (non-hydrogen) atoms. The zero-order valence-electron chi connectivity index (χ0n) is 11.8. The topological polar surface area (TPSA) is 68.5 Å². The van der Waals surface area contributed by atoms with E-state index in [0.29, 0.717) is 23.5 Å². The number of fused-ring (bicyclic) bond motifs is 1. The first-order valence-electron chi connectivity index (χ1n) is 6.71. The predicted molar refractivity (Wildman–Crippen MR) is 82.3 cm³/mol. The third-order valence-electron chi connectivity index (χ3n) is 3.09. The molecular formula is C14H15ClN6. The molecule has 1 N–H and O–H groups in total. The Balaban J connectivity index is 1.95. The predicted octanol–water partition coefficient (Wildman–Crippen LogP) is 3.07. The minimum Gasteiger partial charge on any atom is -0.364 e. The zero-order chi connectivity index (χ0) is 14.8. The van der Waals surface area contributed by atoms with E-state index >= 15 is 0 Å². The van der Waals surface area contributed by atoms with E-state index in [-0.39, 0.29) is 11.3 Å². The van der Waals surface area contributed by atoms with Crippen molar-refractivity contribution in [1.29, 1.82) is 0 Å². The Hall–Kier alpha value is -2.21. The Labute approximate surface area is 127 Å². The molecule has 0 aliphatic rings. The summed E-state index contributed by atoms with van der Waals surface area (Å²) < 4.78 is 1.73. The molecule has 0 radical (unpaired) electrons. The molecule has 0 amide bonds. The number of aromatic nitrogens is 5. The Morgan fingerprint density at radius 2 is 1.95 bits per heavy atom. The molecule has 3 aromatic rings. The van der Waals surface area contributed by atoms with Crippen molar-refractivity contribution >= 4 is 28.6 Å². The average Bonchev–Trinajstić information content (AvgIpc) is 2.89. The van der Waals surface area contributed by atoms with Gasteiger partial charge >= 0.3 is 0 Å². The maximum Gasteiger partial charge on any atom is 0.226 e. The minimum absolute atomic E-state index is 0.156. The van der Waals surface area contributed by atoms with Crippen LogP contribution < -0.4 is 5.32 Å². The van der Waals surface area contributed by atoms with Crippen LogP contribution in [0.15, 0.2) is 30.3 Å². The smallest absolute Gasteiger partial charge is 0.226 e. The number of hydrogen-bond acceptors (Lipinski definition) is 5. The van der Waals surface area contributed by atoms with Gasteiger partial charge in [0.25, 0.3) is 0 Å². The molecule has 0 aliphatic heterocycles. The molecule has 2 heterocycles. The van der Waals surface area contributed by atoms with Crippen LogP contribution in [0.3, 0.4) is 0 Å². The standard InChI is InChI=1S/C14H15ClN6/c1-9(2)21-13-11(19-20-21)12(17-14(15)18-13)16-8-10-6-4-3-5-7-10/h3-7,9H,8H2,1-2H3,(H,16,17,18). The lowest BCUT2D eigenvalue weighted by molar-refractivity contribution is 0.526. The zero-order valence-corrected chi connectivity index (χ0v) is 12.5.